The minimum atomic E-state index is -2.59. The summed E-state index contributed by atoms with van der Waals surface area (Å²) < 4.78 is 27.6. The number of nitrogens with two attached hydrogens (primary N) is 1. The summed E-state index contributed by atoms with van der Waals surface area (Å²) in [6.07, 6.45) is 1.59. The quantitative estimate of drug-likeness (QED) is 0.800. The van der Waals surface area contributed by atoms with Crippen molar-refractivity contribution in [3.05, 3.63) is 34.9 Å². The van der Waals surface area contributed by atoms with Crippen LogP contribution in [0.2, 0.25) is 5.02 Å². The molecule has 0 radical (unpaired) electrons. The molecular formula is C21H25ClF2N2O2. The number of amides is 2. The van der Waals surface area contributed by atoms with E-state index in [9.17, 15) is 18.4 Å². The van der Waals surface area contributed by atoms with Gasteiger partial charge in [-0.15, -0.1) is 0 Å². The zero-order valence-corrected chi connectivity index (χ0v) is 16.4. The minimum Gasteiger partial charge on any atom is -0.369 e. The first-order chi connectivity index (χ1) is 13.3. The summed E-state index contributed by atoms with van der Waals surface area (Å²) in [4.78, 5) is 26.1. The second kappa shape index (κ2) is 6.97. The smallest absolute Gasteiger partial charge is 0.244 e. The third kappa shape index (κ3) is 3.00. The molecule has 1 heterocycles. The SMILES string of the molecule is NC(=O)C1CC2(C1)[C@H](C(F)F)CC(=O)N2CC1(c2cccc(Cl)c2)CCCC1. The lowest BCUT2D eigenvalue weighted by molar-refractivity contribution is -0.146. The molecule has 2 aliphatic carbocycles. The molecule has 1 atom stereocenters. The number of benzene rings is 1. The van der Waals surface area contributed by atoms with Gasteiger partial charge in [0.25, 0.3) is 0 Å². The molecule has 4 rings (SSSR count). The Kier molecular flexibility index (Phi) is 4.89. The molecule has 0 unspecified atom stereocenters. The highest BCUT2D eigenvalue weighted by Crippen LogP contribution is 2.56. The van der Waals surface area contributed by atoms with Crippen molar-refractivity contribution < 1.29 is 18.4 Å². The van der Waals surface area contributed by atoms with E-state index in [-0.39, 0.29) is 30.6 Å². The van der Waals surface area contributed by atoms with Crippen molar-refractivity contribution in [2.45, 2.75) is 62.3 Å². The van der Waals surface area contributed by atoms with Crippen LogP contribution in [-0.4, -0.2) is 35.2 Å². The number of carbonyl (C=O) groups excluding carboxylic acids is 2. The molecule has 3 aliphatic rings. The first-order valence-corrected chi connectivity index (χ1v) is 10.3. The summed E-state index contributed by atoms with van der Waals surface area (Å²) in [6, 6.07) is 7.65. The highest BCUT2D eigenvalue weighted by atomic mass is 35.5. The second-order valence-electron chi connectivity index (χ2n) is 8.73. The van der Waals surface area contributed by atoms with Gasteiger partial charge in [0.15, 0.2) is 0 Å². The van der Waals surface area contributed by atoms with Crippen molar-refractivity contribution in [3.8, 4) is 0 Å². The summed E-state index contributed by atoms with van der Waals surface area (Å²) >= 11 is 6.21. The summed E-state index contributed by atoms with van der Waals surface area (Å²) in [7, 11) is 0. The van der Waals surface area contributed by atoms with Crippen LogP contribution in [0.1, 0.15) is 50.5 Å². The zero-order valence-electron chi connectivity index (χ0n) is 15.7. The summed E-state index contributed by atoms with van der Waals surface area (Å²) in [5.41, 5.74) is 5.24. The number of carbonyl (C=O) groups is 2. The molecule has 2 saturated carbocycles. The Morgan fingerprint density at radius 3 is 2.54 bits per heavy atom. The van der Waals surface area contributed by atoms with Gasteiger partial charge >= 0.3 is 0 Å². The first kappa shape index (κ1) is 19.6. The van der Waals surface area contributed by atoms with Crippen LogP contribution < -0.4 is 5.73 Å². The molecule has 28 heavy (non-hydrogen) atoms. The van der Waals surface area contributed by atoms with Gasteiger partial charge in [0.1, 0.15) is 0 Å². The maximum Gasteiger partial charge on any atom is 0.244 e. The highest BCUT2D eigenvalue weighted by molar-refractivity contribution is 6.30. The van der Waals surface area contributed by atoms with Crippen LogP contribution in [0.15, 0.2) is 24.3 Å². The average molecular weight is 411 g/mol. The molecule has 7 heteroatoms. The fraction of sp³-hybridized carbons (Fsp3) is 0.619. The predicted octanol–water partition coefficient (Wildman–Crippen LogP) is 3.90. The largest absolute Gasteiger partial charge is 0.369 e. The Morgan fingerprint density at radius 1 is 1.29 bits per heavy atom. The number of likely N-dealkylation sites (tertiary alicyclic amines) is 1. The Bertz CT molecular complexity index is 788. The van der Waals surface area contributed by atoms with E-state index < -0.39 is 29.7 Å². The number of hydrogen-bond donors (Lipinski definition) is 1. The zero-order chi connectivity index (χ0) is 20.1. The maximum absolute atomic E-state index is 13.8. The van der Waals surface area contributed by atoms with E-state index in [4.69, 9.17) is 17.3 Å². The van der Waals surface area contributed by atoms with Gasteiger partial charge in [0.05, 0.1) is 11.5 Å². The predicted molar refractivity (Wildman–Crippen MR) is 102 cm³/mol. The maximum atomic E-state index is 13.8. The lowest BCUT2D eigenvalue weighted by Gasteiger charge is -2.54. The average Bonchev–Trinajstić information content (AvgIpc) is 3.18. The van der Waals surface area contributed by atoms with Crippen molar-refractivity contribution in [1.29, 1.82) is 0 Å². The van der Waals surface area contributed by atoms with Gasteiger partial charge in [-0.25, -0.2) is 8.78 Å². The molecule has 1 aliphatic heterocycles. The molecule has 1 spiro atoms. The van der Waals surface area contributed by atoms with Crippen LogP contribution in [0, 0.1) is 11.8 Å². The third-order valence-electron chi connectivity index (χ3n) is 7.29. The topological polar surface area (TPSA) is 63.4 Å². The molecule has 0 bridgehead atoms. The van der Waals surface area contributed by atoms with E-state index >= 15 is 0 Å². The number of nitrogens with zero attached hydrogens (tertiary/aromatic N) is 1. The number of halogens is 3. The molecule has 0 aromatic heterocycles. The Labute approximate surface area is 168 Å². The van der Waals surface area contributed by atoms with Gasteiger partial charge in [-0.05, 0) is 43.4 Å². The number of primary amides is 1. The molecule has 3 fully saturated rings. The van der Waals surface area contributed by atoms with Crippen molar-refractivity contribution in [2.24, 2.45) is 17.6 Å². The molecule has 1 aromatic rings. The van der Waals surface area contributed by atoms with Crippen molar-refractivity contribution in [3.63, 3.8) is 0 Å². The normalized spacial score (nSPS) is 31.6. The monoisotopic (exact) mass is 410 g/mol. The molecule has 2 amide bonds. The van der Waals surface area contributed by atoms with E-state index in [1.54, 1.807) is 4.90 Å². The molecule has 1 aromatic carbocycles. The number of rotatable bonds is 5. The molecule has 4 nitrogen and oxygen atoms in total. The van der Waals surface area contributed by atoms with E-state index in [1.165, 1.54) is 0 Å². The fourth-order valence-electron chi connectivity index (χ4n) is 5.73. The van der Waals surface area contributed by atoms with E-state index in [2.05, 4.69) is 0 Å². The van der Waals surface area contributed by atoms with Crippen LogP contribution in [0.4, 0.5) is 8.78 Å². The van der Waals surface area contributed by atoms with Crippen molar-refractivity contribution in [2.75, 3.05) is 6.54 Å². The first-order valence-electron chi connectivity index (χ1n) is 9.91. The van der Waals surface area contributed by atoms with E-state index in [0.29, 0.717) is 11.6 Å². The Hall–Kier alpha value is -1.69. The van der Waals surface area contributed by atoms with Crippen LogP contribution in [0.3, 0.4) is 0 Å². The van der Waals surface area contributed by atoms with Crippen LogP contribution in [0.5, 0.6) is 0 Å². The van der Waals surface area contributed by atoms with Crippen LogP contribution >= 0.6 is 11.6 Å². The molecule has 1 saturated heterocycles. The van der Waals surface area contributed by atoms with Gasteiger partial charge in [-0.2, -0.15) is 0 Å². The van der Waals surface area contributed by atoms with Crippen molar-refractivity contribution >= 4 is 23.4 Å². The summed E-state index contributed by atoms with van der Waals surface area (Å²) in [6.45, 7) is 0.404. The molecular weight excluding hydrogens is 386 g/mol. The summed E-state index contributed by atoms with van der Waals surface area (Å²) in [5, 5.41) is 0.633. The minimum absolute atomic E-state index is 0.158. The van der Waals surface area contributed by atoms with Gasteiger partial charge in [0, 0.05) is 29.3 Å². The van der Waals surface area contributed by atoms with Gasteiger partial charge in [-0.3, -0.25) is 9.59 Å². The lowest BCUT2D eigenvalue weighted by Crippen LogP contribution is -2.63. The van der Waals surface area contributed by atoms with Gasteiger partial charge in [-0.1, -0.05) is 36.6 Å². The lowest BCUT2D eigenvalue weighted by atomic mass is 9.61. The highest BCUT2D eigenvalue weighted by Gasteiger charge is 2.64. The van der Waals surface area contributed by atoms with Gasteiger partial charge < -0.3 is 10.6 Å². The van der Waals surface area contributed by atoms with Crippen molar-refractivity contribution in [1.82, 2.24) is 4.90 Å². The van der Waals surface area contributed by atoms with E-state index in [0.717, 1.165) is 31.2 Å². The fourth-order valence-corrected chi connectivity index (χ4v) is 5.93. The number of alkyl halides is 2. The second-order valence-corrected chi connectivity index (χ2v) is 9.17. The Balaban J connectivity index is 1.68. The van der Waals surface area contributed by atoms with Gasteiger partial charge in [0.2, 0.25) is 18.2 Å². The Morgan fingerprint density at radius 2 is 1.96 bits per heavy atom. The number of hydrogen-bond acceptors (Lipinski definition) is 2. The van der Waals surface area contributed by atoms with E-state index in [1.807, 2.05) is 24.3 Å². The standard InChI is InChI=1S/C21H25ClF2N2O2/c22-15-5-3-4-14(8-15)20(6-1-2-7-20)12-26-17(27)9-16(18(23)24)21(26)10-13(11-21)19(25)28/h3-5,8,13,16,18H,1-2,6-7,9-12H2,(H2,25,28)/t13?,16-,21?/m0/s1. The van der Waals surface area contributed by atoms with Crippen LogP contribution in [0.25, 0.3) is 0 Å². The summed E-state index contributed by atoms with van der Waals surface area (Å²) in [5.74, 6) is -2.17. The third-order valence-corrected chi connectivity index (χ3v) is 7.52. The van der Waals surface area contributed by atoms with Crippen LogP contribution in [-0.2, 0) is 15.0 Å². The molecule has 2 N–H and O–H groups in total. The molecule has 152 valence electrons.